The van der Waals surface area contributed by atoms with Gasteiger partial charge in [0.1, 0.15) is 6.17 Å². The van der Waals surface area contributed by atoms with Gasteiger partial charge in [0.05, 0.1) is 0 Å². The van der Waals surface area contributed by atoms with Crippen molar-refractivity contribution in [1.82, 2.24) is 15.6 Å². The molecule has 4 nitrogen and oxygen atoms in total. The lowest BCUT2D eigenvalue weighted by atomic mass is 10.1. The van der Waals surface area contributed by atoms with E-state index in [1.807, 2.05) is 30.3 Å². The molecule has 0 bridgehead atoms. The monoisotopic (exact) mass is 371 g/mol. The summed E-state index contributed by atoms with van der Waals surface area (Å²) in [6.45, 7) is 0.555. The van der Waals surface area contributed by atoms with Gasteiger partial charge in [0, 0.05) is 24.5 Å². The van der Waals surface area contributed by atoms with E-state index in [0.717, 1.165) is 12.0 Å². The normalized spacial score (nSPS) is 12.7. The molecular formula is C16H16Cl3N3O. The smallest absolute Gasteiger partial charge is 0.252 e. The largest absolute Gasteiger partial charge is 0.333 e. The summed E-state index contributed by atoms with van der Waals surface area (Å²) >= 11 is 17.9. The van der Waals surface area contributed by atoms with Crippen molar-refractivity contribution in [3.8, 4) is 0 Å². The fourth-order valence-corrected chi connectivity index (χ4v) is 2.37. The minimum atomic E-state index is -1.67. The first-order valence-corrected chi connectivity index (χ1v) is 8.15. The lowest BCUT2D eigenvalue weighted by Crippen LogP contribution is -2.53. The number of pyridine rings is 1. The number of hydrogen-bond acceptors (Lipinski definition) is 3. The second-order valence-corrected chi connectivity index (χ2v) is 7.24. The highest BCUT2D eigenvalue weighted by molar-refractivity contribution is 6.68. The van der Waals surface area contributed by atoms with Crippen LogP contribution in [0.2, 0.25) is 0 Å². The van der Waals surface area contributed by atoms with Crippen LogP contribution < -0.4 is 10.6 Å². The highest BCUT2D eigenvalue weighted by Gasteiger charge is 2.33. The number of hydrogen-bond donors (Lipinski definition) is 2. The van der Waals surface area contributed by atoms with E-state index in [1.165, 1.54) is 12.4 Å². The molecule has 1 aromatic carbocycles. The van der Waals surface area contributed by atoms with Gasteiger partial charge in [-0.25, -0.2) is 0 Å². The Hall–Kier alpha value is -1.33. The van der Waals surface area contributed by atoms with Crippen LogP contribution in [0, 0.1) is 0 Å². The quantitative estimate of drug-likeness (QED) is 0.604. The van der Waals surface area contributed by atoms with E-state index >= 15 is 0 Å². The zero-order valence-corrected chi connectivity index (χ0v) is 14.4. The Morgan fingerprint density at radius 1 is 1.09 bits per heavy atom. The van der Waals surface area contributed by atoms with Crippen molar-refractivity contribution in [1.29, 1.82) is 0 Å². The zero-order chi connectivity index (χ0) is 16.7. The molecule has 23 heavy (non-hydrogen) atoms. The predicted octanol–water partition coefficient (Wildman–Crippen LogP) is 3.34. The van der Waals surface area contributed by atoms with E-state index in [-0.39, 0.29) is 5.91 Å². The Bertz CT molecular complexity index is 617. The van der Waals surface area contributed by atoms with Gasteiger partial charge in [-0.1, -0.05) is 65.1 Å². The molecule has 1 unspecified atom stereocenters. The van der Waals surface area contributed by atoms with Crippen molar-refractivity contribution in [2.45, 2.75) is 16.4 Å². The summed E-state index contributed by atoms with van der Waals surface area (Å²) in [5.41, 5.74) is 1.60. The standard InChI is InChI=1S/C16H16Cl3N3O/c17-16(18,19)15(21-11-6-12-4-2-1-3-5-12)22-14(23)13-7-9-20-10-8-13/h1-5,7-10,15,21H,6,11H2,(H,22,23). The number of carbonyl (C=O) groups excluding carboxylic acids is 1. The van der Waals surface area contributed by atoms with Crippen LogP contribution in [0.5, 0.6) is 0 Å². The molecule has 1 atom stereocenters. The molecule has 0 spiro atoms. The van der Waals surface area contributed by atoms with Crippen molar-refractivity contribution in [2.75, 3.05) is 6.54 Å². The molecule has 2 aromatic rings. The maximum Gasteiger partial charge on any atom is 0.252 e. The van der Waals surface area contributed by atoms with Crippen molar-refractivity contribution < 1.29 is 4.79 Å². The first kappa shape index (κ1) is 18.0. The number of alkyl halides is 3. The van der Waals surface area contributed by atoms with Crippen LogP contribution in [-0.4, -0.2) is 27.4 Å². The van der Waals surface area contributed by atoms with Crippen molar-refractivity contribution >= 4 is 40.7 Å². The Kier molecular flexibility index (Phi) is 6.66. The molecule has 0 aliphatic carbocycles. The molecule has 0 saturated heterocycles. The zero-order valence-electron chi connectivity index (χ0n) is 12.2. The number of benzene rings is 1. The van der Waals surface area contributed by atoms with Crippen LogP contribution in [0.25, 0.3) is 0 Å². The third kappa shape index (κ3) is 5.99. The number of nitrogens with zero attached hydrogens (tertiary/aromatic N) is 1. The molecule has 0 aliphatic rings. The summed E-state index contributed by atoms with van der Waals surface area (Å²) in [5, 5.41) is 5.75. The molecule has 1 amide bonds. The third-order valence-electron chi connectivity index (χ3n) is 3.15. The van der Waals surface area contributed by atoms with Gasteiger partial charge in [-0.2, -0.15) is 0 Å². The van der Waals surface area contributed by atoms with E-state index < -0.39 is 9.96 Å². The van der Waals surface area contributed by atoms with Gasteiger partial charge < -0.3 is 5.32 Å². The number of amides is 1. The molecule has 1 heterocycles. The molecule has 2 N–H and O–H groups in total. The lowest BCUT2D eigenvalue weighted by Gasteiger charge is -2.26. The number of carbonyl (C=O) groups is 1. The number of aromatic nitrogens is 1. The third-order valence-corrected chi connectivity index (χ3v) is 3.80. The summed E-state index contributed by atoms with van der Waals surface area (Å²) in [6, 6.07) is 13.1. The highest BCUT2D eigenvalue weighted by Crippen LogP contribution is 2.29. The maximum absolute atomic E-state index is 12.2. The van der Waals surface area contributed by atoms with Crippen LogP contribution in [0.3, 0.4) is 0 Å². The first-order valence-electron chi connectivity index (χ1n) is 7.02. The topological polar surface area (TPSA) is 54.0 Å². The van der Waals surface area contributed by atoms with E-state index in [4.69, 9.17) is 34.8 Å². The van der Waals surface area contributed by atoms with Gasteiger partial charge in [0.15, 0.2) is 0 Å². The lowest BCUT2D eigenvalue weighted by molar-refractivity contribution is 0.0930. The highest BCUT2D eigenvalue weighted by atomic mass is 35.6. The molecule has 0 aliphatic heterocycles. The van der Waals surface area contributed by atoms with Crippen LogP contribution in [0.4, 0.5) is 0 Å². The number of halogens is 3. The molecule has 0 fully saturated rings. The van der Waals surface area contributed by atoms with E-state index in [9.17, 15) is 4.79 Å². The Labute approximate surface area is 150 Å². The van der Waals surface area contributed by atoms with Gasteiger partial charge in [-0.3, -0.25) is 15.1 Å². The summed E-state index contributed by atoms with van der Waals surface area (Å²) < 4.78 is -1.67. The summed E-state index contributed by atoms with van der Waals surface area (Å²) in [6.07, 6.45) is 3.00. The molecule has 0 saturated carbocycles. The second kappa shape index (κ2) is 8.50. The number of nitrogens with one attached hydrogen (secondary N) is 2. The van der Waals surface area contributed by atoms with Gasteiger partial charge >= 0.3 is 0 Å². The van der Waals surface area contributed by atoms with Gasteiger partial charge in [-0.05, 0) is 24.1 Å². The molecular weight excluding hydrogens is 357 g/mol. The van der Waals surface area contributed by atoms with Crippen molar-refractivity contribution in [2.24, 2.45) is 0 Å². The molecule has 0 radical (unpaired) electrons. The molecule has 7 heteroatoms. The summed E-state index contributed by atoms with van der Waals surface area (Å²) in [4.78, 5) is 16.0. The minimum Gasteiger partial charge on any atom is -0.333 e. The van der Waals surface area contributed by atoms with Crippen LogP contribution in [-0.2, 0) is 6.42 Å². The SMILES string of the molecule is O=C(NC(NCCc1ccccc1)C(Cl)(Cl)Cl)c1ccncc1. The fourth-order valence-electron chi connectivity index (χ4n) is 1.97. The van der Waals surface area contributed by atoms with Gasteiger partial charge in [-0.15, -0.1) is 0 Å². The average Bonchev–Trinajstić information content (AvgIpc) is 2.54. The molecule has 122 valence electrons. The van der Waals surface area contributed by atoms with Crippen LogP contribution in [0.15, 0.2) is 54.9 Å². The van der Waals surface area contributed by atoms with E-state index in [1.54, 1.807) is 12.1 Å². The minimum absolute atomic E-state index is 0.337. The Morgan fingerprint density at radius 2 is 1.74 bits per heavy atom. The van der Waals surface area contributed by atoms with Gasteiger partial charge in [0.2, 0.25) is 3.79 Å². The van der Waals surface area contributed by atoms with E-state index in [0.29, 0.717) is 12.1 Å². The van der Waals surface area contributed by atoms with Crippen LogP contribution >= 0.6 is 34.8 Å². The van der Waals surface area contributed by atoms with Crippen molar-refractivity contribution in [3.05, 3.63) is 66.0 Å². The average molecular weight is 373 g/mol. The Balaban J connectivity index is 1.94. The van der Waals surface area contributed by atoms with Crippen LogP contribution in [0.1, 0.15) is 15.9 Å². The maximum atomic E-state index is 12.2. The van der Waals surface area contributed by atoms with Crippen molar-refractivity contribution in [3.63, 3.8) is 0 Å². The predicted molar refractivity (Wildman–Crippen MR) is 93.9 cm³/mol. The summed E-state index contributed by atoms with van der Waals surface area (Å²) in [7, 11) is 0. The van der Waals surface area contributed by atoms with Gasteiger partial charge in [0.25, 0.3) is 5.91 Å². The molecule has 2 rings (SSSR count). The van der Waals surface area contributed by atoms with E-state index in [2.05, 4.69) is 15.6 Å². The fraction of sp³-hybridized carbons (Fsp3) is 0.250. The summed E-state index contributed by atoms with van der Waals surface area (Å²) in [5.74, 6) is -0.337. The first-order chi connectivity index (χ1) is 11.0. The molecule has 1 aromatic heterocycles. The Morgan fingerprint density at radius 3 is 2.35 bits per heavy atom. The second-order valence-electron chi connectivity index (χ2n) is 4.87. The number of rotatable bonds is 6.